The second kappa shape index (κ2) is 4.58. The Balaban J connectivity index is 2.12. The van der Waals surface area contributed by atoms with Crippen LogP contribution in [-0.2, 0) is 9.53 Å². The van der Waals surface area contributed by atoms with Gasteiger partial charge in [0.05, 0.1) is 31.1 Å². The number of carbonyl (C=O) groups excluding carboxylic acids is 1. The summed E-state index contributed by atoms with van der Waals surface area (Å²) >= 11 is 0. The number of nitrogens with zero attached hydrogens (tertiary/aromatic N) is 1. The summed E-state index contributed by atoms with van der Waals surface area (Å²) in [4.78, 5) is 24.4. The zero-order valence-electron chi connectivity index (χ0n) is 9.33. The predicted molar refractivity (Wildman–Crippen MR) is 56.5 cm³/mol. The Hall–Kier alpha value is -1.82. The van der Waals surface area contributed by atoms with E-state index in [4.69, 9.17) is 14.3 Å². The molecule has 1 saturated heterocycles. The molecular weight excluding hydrogens is 226 g/mol. The highest BCUT2D eigenvalue weighted by molar-refractivity contribution is 5.94. The monoisotopic (exact) mass is 239 g/mol. The molecule has 1 aliphatic heterocycles. The van der Waals surface area contributed by atoms with Crippen LogP contribution in [0.5, 0.6) is 0 Å². The predicted octanol–water partition coefficient (Wildman–Crippen LogP) is 0.451. The third-order valence-corrected chi connectivity index (χ3v) is 2.95. The summed E-state index contributed by atoms with van der Waals surface area (Å²) < 4.78 is 9.95. The average Bonchev–Trinajstić information content (AvgIpc) is 2.97. The van der Waals surface area contributed by atoms with Crippen molar-refractivity contribution in [2.75, 3.05) is 20.3 Å². The van der Waals surface area contributed by atoms with Crippen LogP contribution in [0.4, 0.5) is 0 Å². The van der Waals surface area contributed by atoms with Gasteiger partial charge < -0.3 is 19.2 Å². The van der Waals surface area contributed by atoms with Gasteiger partial charge in [0.15, 0.2) is 0 Å². The first kappa shape index (κ1) is 11.7. The molecule has 1 N–H and O–H groups in total. The Kier molecular flexibility index (Phi) is 3.14. The van der Waals surface area contributed by atoms with Crippen LogP contribution in [0.15, 0.2) is 23.0 Å². The van der Waals surface area contributed by atoms with Gasteiger partial charge in [-0.25, -0.2) is 0 Å². The van der Waals surface area contributed by atoms with Gasteiger partial charge in [-0.3, -0.25) is 9.59 Å². The first-order valence-electron chi connectivity index (χ1n) is 5.21. The number of furan rings is 1. The molecule has 2 atom stereocenters. The number of aliphatic carboxylic acids is 1. The third kappa shape index (κ3) is 2.16. The Morgan fingerprint density at radius 2 is 2.24 bits per heavy atom. The van der Waals surface area contributed by atoms with Crippen molar-refractivity contribution >= 4 is 11.9 Å². The molecule has 1 amide bonds. The average molecular weight is 239 g/mol. The van der Waals surface area contributed by atoms with Crippen LogP contribution in [0.2, 0.25) is 0 Å². The van der Waals surface area contributed by atoms with E-state index in [0.717, 1.165) is 0 Å². The Morgan fingerprint density at radius 1 is 1.47 bits per heavy atom. The molecule has 0 saturated carbocycles. The molecule has 0 radical (unpaired) electrons. The van der Waals surface area contributed by atoms with Gasteiger partial charge in [-0.1, -0.05) is 0 Å². The maximum Gasteiger partial charge on any atom is 0.311 e. The number of hydrogen-bond donors (Lipinski definition) is 1. The summed E-state index contributed by atoms with van der Waals surface area (Å²) in [6.07, 6.45) is 2.74. The summed E-state index contributed by atoms with van der Waals surface area (Å²) in [5.74, 6) is -1.88. The Labute approximate surface area is 97.8 Å². The molecule has 2 unspecified atom stereocenters. The van der Waals surface area contributed by atoms with Gasteiger partial charge in [0.1, 0.15) is 12.2 Å². The molecule has 2 heterocycles. The highest BCUT2D eigenvalue weighted by Gasteiger charge is 2.38. The van der Waals surface area contributed by atoms with E-state index in [-0.39, 0.29) is 19.1 Å². The molecule has 1 aromatic rings. The number of carbonyl (C=O) groups is 2. The van der Waals surface area contributed by atoms with Crippen molar-refractivity contribution in [3.8, 4) is 0 Å². The summed E-state index contributed by atoms with van der Waals surface area (Å²) in [6.45, 7) is 0.389. The Bertz CT molecular complexity index is 414. The van der Waals surface area contributed by atoms with Crippen molar-refractivity contribution < 1.29 is 23.8 Å². The first-order valence-corrected chi connectivity index (χ1v) is 5.21. The minimum absolute atomic E-state index is 0.142. The lowest BCUT2D eigenvalue weighted by atomic mass is 10.0. The number of rotatable bonds is 3. The van der Waals surface area contributed by atoms with Crippen LogP contribution in [0.25, 0.3) is 0 Å². The fourth-order valence-electron chi connectivity index (χ4n) is 1.90. The quantitative estimate of drug-likeness (QED) is 0.828. The number of ether oxygens (including phenoxy) is 1. The normalized spacial score (nSPS) is 23.6. The largest absolute Gasteiger partial charge is 0.481 e. The molecule has 0 bridgehead atoms. The standard InChI is InChI=1S/C11H13NO5/c1-12(10(13)7-2-3-16-4-7)9-6-17-5-8(9)11(14)15/h2-4,8-9H,5-6H2,1H3,(H,14,15). The van der Waals surface area contributed by atoms with E-state index >= 15 is 0 Å². The van der Waals surface area contributed by atoms with Crippen molar-refractivity contribution in [2.45, 2.75) is 6.04 Å². The van der Waals surface area contributed by atoms with E-state index in [0.29, 0.717) is 5.56 Å². The van der Waals surface area contributed by atoms with Crippen molar-refractivity contribution in [3.05, 3.63) is 24.2 Å². The molecule has 6 heteroatoms. The molecule has 1 fully saturated rings. The van der Waals surface area contributed by atoms with Crippen LogP contribution in [0.3, 0.4) is 0 Å². The third-order valence-electron chi connectivity index (χ3n) is 2.95. The summed E-state index contributed by atoms with van der Waals surface area (Å²) in [5, 5.41) is 9.01. The van der Waals surface area contributed by atoms with E-state index in [9.17, 15) is 9.59 Å². The van der Waals surface area contributed by atoms with Gasteiger partial charge in [0, 0.05) is 7.05 Å². The lowest BCUT2D eigenvalue weighted by Gasteiger charge is -2.25. The SMILES string of the molecule is CN(C(=O)c1ccoc1)C1COCC1C(=O)O. The van der Waals surface area contributed by atoms with E-state index in [1.54, 1.807) is 13.1 Å². The maximum absolute atomic E-state index is 12.0. The van der Waals surface area contributed by atoms with E-state index in [2.05, 4.69) is 0 Å². The second-order valence-electron chi connectivity index (χ2n) is 3.98. The number of amides is 1. The molecule has 1 aromatic heterocycles. The molecule has 92 valence electrons. The van der Waals surface area contributed by atoms with Gasteiger partial charge in [-0.15, -0.1) is 0 Å². The lowest BCUT2D eigenvalue weighted by molar-refractivity contribution is -0.142. The molecule has 1 aliphatic rings. The molecule has 0 spiro atoms. The van der Waals surface area contributed by atoms with E-state index in [1.165, 1.54) is 17.4 Å². The molecule has 6 nitrogen and oxygen atoms in total. The topological polar surface area (TPSA) is 80.0 Å². The maximum atomic E-state index is 12.0. The van der Waals surface area contributed by atoms with Crippen LogP contribution >= 0.6 is 0 Å². The summed E-state index contributed by atoms with van der Waals surface area (Å²) in [6, 6.07) is 1.11. The van der Waals surface area contributed by atoms with Crippen molar-refractivity contribution in [1.82, 2.24) is 4.90 Å². The zero-order valence-corrected chi connectivity index (χ0v) is 9.33. The van der Waals surface area contributed by atoms with Gasteiger partial charge in [-0.05, 0) is 6.07 Å². The highest BCUT2D eigenvalue weighted by Crippen LogP contribution is 2.20. The van der Waals surface area contributed by atoms with Crippen molar-refractivity contribution in [1.29, 1.82) is 0 Å². The number of likely N-dealkylation sites (N-methyl/N-ethyl adjacent to an activating group) is 1. The van der Waals surface area contributed by atoms with Crippen molar-refractivity contribution in [3.63, 3.8) is 0 Å². The fraction of sp³-hybridized carbons (Fsp3) is 0.455. The van der Waals surface area contributed by atoms with Crippen LogP contribution < -0.4 is 0 Å². The van der Waals surface area contributed by atoms with E-state index < -0.39 is 17.9 Å². The lowest BCUT2D eigenvalue weighted by Crippen LogP contribution is -2.44. The number of carboxylic acids is 1. The van der Waals surface area contributed by atoms with Gasteiger partial charge >= 0.3 is 5.97 Å². The number of carboxylic acid groups (broad SMARTS) is 1. The molecular formula is C11H13NO5. The minimum Gasteiger partial charge on any atom is -0.481 e. The van der Waals surface area contributed by atoms with E-state index in [1.807, 2.05) is 0 Å². The molecule has 17 heavy (non-hydrogen) atoms. The first-order chi connectivity index (χ1) is 8.11. The minimum atomic E-state index is -0.945. The zero-order chi connectivity index (χ0) is 12.4. The summed E-state index contributed by atoms with van der Waals surface area (Å²) in [5.41, 5.74) is 0.406. The Morgan fingerprint density at radius 3 is 2.82 bits per heavy atom. The smallest absolute Gasteiger partial charge is 0.311 e. The summed E-state index contributed by atoms with van der Waals surface area (Å²) in [7, 11) is 1.57. The molecule has 2 rings (SSSR count). The van der Waals surface area contributed by atoms with Gasteiger partial charge in [0.2, 0.25) is 0 Å². The fourth-order valence-corrected chi connectivity index (χ4v) is 1.90. The van der Waals surface area contributed by atoms with Crippen molar-refractivity contribution in [2.24, 2.45) is 5.92 Å². The van der Waals surface area contributed by atoms with Crippen LogP contribution in [0, 0.1) is 5.92 Å². The van der Waals surface area contributed by atoms with Crippen LogP contribution in [-0.4, -0.2) is 48.2 Å². The second-order valence-corrected chi connectivity index (χ2v) is 3.98. The number of hydrogen-bond acceptors (Lipinski definition) is 4. The highest BCUT2D eigenvalue weighted by atomic mass is 16.5. The molecule has 0 aromatic carbocycles. The van der Waals surface area contributed by atoms with Gasteiger partial charge in [-0.2, -0.15) is 0 Å². The van der Waals surface area contributed by atoms with Gasteiger partial charge in [0.25, 0.3) is 5.91 Å². The van der Waals surface area contributed by atoms with Crippen LogP contribution in [0.1, 0.15) is 10.4 Å². The molecule has 0 aliphatic carbocycles.